The van der Waals surface area contributed by atoms with Gasteiger partial charge in [0.15, 0.2) is 0 Å². The molecule has 0 radical (unpaired) electrons. The number of aromatic nitrogens is 1. The van der Waals surface area contributed by atoms with E-state index in [1.807, 2.05) is 0 Å². The maximum absolute atomic E-state index is 13.3. The number of carbonyl (C=O) groups is 2. The van der Waals surface area contributed by atoms with Gasteiger partial charge in [-0.05, 0) is 30.3 Å². The average Bonchev–Trinajstić information content (AvgIpc) is 2.58. The van der Waals surface area contributed by atoms with Crippen LogP contribution in [0.5, 0.6) is 0 Å². The zero-order valence-electron chi connectivity index (χ0n) is 13.7. The van der Waals surface area contributed by atoms with E-state index >= 15 is 0 Å². The average molecular weight is 386 g/mol. The van der Waals surface area contributed by atoms with Crippen molar-refractivity contribution in [3.05, 3.63) is 58.9 Å². The van der Waals surface area contributed by atoms with Crippen LogP contribution in [0.15, 0.2) is 42.7 Å². The third-order valence-electron chi connectivity index (χ3n) is 3.48. The van der Waals surface area contributed by atoms with E-state index in [4.69, 9.17) is 11.6 Å². The molecule has 0 aliphatic heterocycles. The van der Waals surface area contributed by atoms with E-state index in [1.54, 1.807) is 12.1 Å². The lowest BCUT2D eigenvalue weighted by Gasteiger charge is -2.25. The van der Waals surface area contributed by atoms with E-state index in [1.165, 1.54) is 18.5 Å². The van der Waals surface area contributed by atoms with Crippen LogP contribution < -0.4 is 10.2 Å². The predicted molar refractivity (Wildman–Crippen MR) is 91.1 cm³/mol. The summed E-state index contributed by atoms with van der Waals surface area (Å²) >= 11 is 5.65. The number of hydrogen-bond donors (Lipinski definition) is 1. The molecule has 0 bridgehead atoms. The second-order valence-corrected chi connectivity index (χ2v) is 5.76. The molecule has 0 atom stereocenters. The van der Waals surface area contributed by atoms with Gasteiger partial charge in [-0.25, -0.2) is 0 Å². The molecule has 1 heterocycles. The van der Waals surface area contributed by atoms with Crippen molar-refractivity contribution in [2.45, 2.75) is 13.1 Å². The van der Waals surface area contributed by atoms with Gasteiger partial charge in [0.1, 0.15) is 0 Å². The first kappa shape index (κ1) is 19.7. The van der Waals surface area contributed by atoms with Gasteiger partial charge in [-0.2, -0.15) is 13.2 Å². The predicted octanol–water partition coefficient (Wildman–Crippen LogP) is 3.54. The Bertz CT molecular complexity index is 798. The summed E-state index contributed by atoms with van der Waals surface area (Å²) < 4.78 is 39.8. The first-order valence-electron chi connectivity index (χ1n) is 7.53. The Labute approximate surface area is 152 Å². The third-order valence-corrected chi connectivity index (χ3v) is 3.71. The minimum Gasteiger partial charge on any atom is -0.350 e. The number of nitrogens with zero attached hydrogens (tertiary/aromatic N) is 2. The Morgan fingerprint density at radius 1 is 1.27 bits per heavy atom. The highest BCUT2D eigenvalue weighted by Gasteiger charge is 2.35. The van der Waals surface area contributed by atoms with Crippen LogP contribution in [0.1, 0.15) is 22.8 Å². The van der Waals surface area contributed by atoms with Gasteiger partial charge in [0.2, 0.25) is 5.91 Å². The quantitative estimate of drug-likeness (QED) is 0.856. The molecule has 5 nitrogen and oxygen atoms in total. The van der Waals surface area contributed by atoms with Crippen LogP contribution in [0.2, 0.25) is 5.02 Å². The minimum absolute atomic E-state index is 0.0345. The maximum Gasteiger partial charge on any atom is 0.418 e. The largest absolute Gasteiger partial charge is 0.418 e. The van der Waals surface area contributed by atoms with E-state index in [0.717, 1.165) is 24.0 Å². The molecule has 0 fully saturated rings. The zero-order valence-corrected chi connectivity index (χ0v) is 14.4. The molecule has 9 heteroatoms. The van der Waals surface area contributed by atoms with Crippen LogP contribution in [0.4, 0.5) is 18.9 Å². The highest BCUT2D eigenvalue weighted by atomic mass is 35.5. The van der Waals surface area contributed by atoms with Crippen molar-refractivity contribution in [1.29, 1.82) is 0 Å². The molecule has 26 heavy (non-hydrogen) atoms. The van der Waals surface area contributed by atoms with Crippen molar-refractivity contribution in [1.82, 2.24) is 10.3 Å². The van der Waals surface area contributed by atoms with Crippen LogP contribution in [-0.2, 0) is 11.0 Å². The number of pyridine rings is 1. The molecule has 138 valence electrons. The summed E-state index contributed by atoms with van der Waals surface area (Å²) in [6, 6.07) is 6.30. The first-order chi connectivity index (χ1) is 12.2. The summed E-state index contributed by atoms with van der Waals surface area (Å²) in [5.74, 6) is -1.03. The highest BCUT2D eigenvalue weighted by molar-refractivity contribution is 6.30. The number of hydrogen-bond acceptors (Lipinski definition) is 3. The lowest BCUT2D eigenvalue weighted by molar-refractivity contribution is -0.137. The van der Waals surface area contributed by atoms with Crippen LogP contribution in [0.3, 0.4) is 0 Å². The van der Waals surface area contributed by atoms with E-state index in [0.29, 0.717) is 5.56 Å². The molecule has 1 aromatic heterocycles. The van der Waals surface area contributed by atoms with Gasteiger partial charge in [-0.1, -0.05) is 11.6 Å². The molecule has 1 aromatic carbocycles. The lowest BCUT2D eigenvalue weighted by atomic mass is 10.1. The normalized spacial score (nSPS) is 11.1. The zero-order chi connectivity index (χ0) is 19.3. The Balaban J connectivity index is 2.15. The standard InChI is InChI=1S/C17H15ClF3N3O2/c1-11(25)24(8-7-23-16(26)12-3-2-6-22-10-12)15-5-4-13(18)9-14(15)17(19,20)21/h2-6,9-10H,7-8H2,1H3,(H,23,26). The Kier molecular flexibility index (Phi) is 6.20. The fourth-order valence-electron chi connectivity index (χ4n) is 2.30. The summed E-state index contributed by atoms with van der Waals surface area (Å²) in [6.45, 7) is 0.983. The number of anilines is 1. The molecule has 0 saturated heterocycles. The topological polar surface area (TPSA) is 62.3 Å². The van der Waals surface area contributed by atoms with Crippen LogP contribution in [0.25, 0.3) is 0 Å². The van der Waals surface area contributed by atoms with Crippen molar-refractivity contribution in [3.63, 3.8) is 0 Å². The van der Waals surface area contributed by atoms with Crippen molar-refractivity contribution in [3.8, 4) is 0 Å². The lowest BCUT2D eigenvalue weighted by Crippen LogP contribution is -2.38. The molecule has 0 spiro atoms. The van der Waals surface area contributed by atoms with Gasteiger partial charge >= 0.3 is 6.18 Å². The maximum atomic E-state index is 13.3. The molecule has 0 saturated carbocycles. The number of alkyl halides is 3. The molecular weight excluding hydrogens is 371 g/mol. The van der Waals surface area contributed by atoms with E-state index < -0.39 is 23.6 Å². The molecule has 2 aromatic rings. The SMILES string of the molecule is CC(=O)N(CCNC(=O)c1cccnc1)c1ccc(Cl)cc1C(F)(F)F. The van der Waals surface area contributed by atoms with Crippen LogP contribution >= 0.6 is 11.6 Å². The Morgan fingerprint density at radius 2 is 2.00 bits per heavy atom. The first-order valence-corrected chi connectivity index (χ1v) is 7.91. The van der Waals surface area contributed by atoms with Gasteiger partial charge in [0, 0.05) is 37.4 Å². The molecule has 2 rings (SSSR count). The summed E-state index contributed by atoms with van der Waals surface area (Å²) in [7, 11) is 0. The van der Waals surface area contributed by atoms with Crippen molar-refractivity contribution >= 4 is 29.1 Å². The van der Waals surface area contributed by atoms with Gasteiger partial charge in [0.25, 0.3) is 5.91 Å². The van der Waals surface area contributed by atoms with Crippen LogP contribution in [-0.4, -0.2) is 29.9 Å². The van der Waals surface area contributed by atoms with Crippen LogP contribution in [0, 0.1) is 0 Å². The Morgan fingerprint density at radius 3 is 2.58 bits per heavy atom. The smallest absolute Gasteiger partial charge is 0.350 e. The van der Waals surface area contributed by atoms with Gasteiger partial charge < -0.3 is 10.2 Å². The number of rotatable bonds is 5. The number of halogens is 4. The fraction of sp³-hybridized carbons (Fsp3) is 0.235. The third kappa shape index (κ3) is 4.95. The van der Waals surface area contributed by atoms with E-state index in [2.05, 4.69) is 10.3 Å². The number of benzene rings is 1. The van der Waals surface area contributed by atoms with Crippen molar-refractivity contribution < 1.29 is 22.8 Å². The summed E-state index contributed by atoms with van der Waals surface area (Å²) in [5.41, 5.74) is -1.02. The summed E-state index contributed by atoms with van der Waals surface area (Å²) in [4.78, 5) is 28.6. The molecular formula is C17H15ClF3N3O2. The molecule has 0 aliphatic rings. The van der Waals surface area contributed by atoms with Crippen molar-refractivity contribution in [2.75, 3.05) is 18.0 Å². The van der Waals surface area contributed by atoms with E-state index in [-0.39, 0.29) is 23.8 Å². The highest BCUT2D eigenvalue weighted by Crippen LogP contribution is 2.38. The minimum atomic E-state index is -4.67. The molecule has 2 amide bonds. The molecule has 1 N–H and O–H groups in total. The summed E-state index contributed by atoms with van der Waals surface area (Å²) in [6.07, 6.45) is -1.81. The number of nitrogens with one attached hydrogen (secondary N) is 1. The fourth-order valence-corrected chi connectivity index (χ4v) is 2.47. The molecule has 0 aliphatic carbocycles. The van der Waals surface area contributed by atoms with Gasteiger partial charge in [-0.15, -0.1) is 0 Å². The van der Waals surface area contributed by atoms with Crippen molar-refractivity contribution in [2.24, 2.45) is 0 Å². The summed E-state index contributed by atoms with van der Waals surface area (Å²) in [5, 5.41) is 2.46. The second-order valence-electron chi connectivity index (χ2n) is 5.33. The number of amides is 2. The molecule has 0 unspecified atom stereocenters. The van der Waals surface area contributed by atoms with Gasteiger partial charge in [-0.3, -0.25) is 14.6 Å². The van der Waals surface area contributed by atoms with E-state index in [9.17, 15) is 22.8 Å². The second kappa shape index (κ2) is 8.18. The number of carbonyl (C=O) groups excluding carboxylic acids is 2. The van der Waals surface area contributed by atoms with Gasteiger partial charge in [0.05, 0.1) is 16.8 Å². The Hall–Kier alpha value is -2.61. The monoisotopic (exact) mass is 385 g/mol.